The van der Waals surface area contributed by atoms with E-state index >= 15 is 0 Å². The van der Waals surface area contributed by atoms with Crippen LogP contribution >= 0.6 is 11.8 Å². The number of para-hydroxylation sites is 1. The number of amides is 3. The van der Waals surface area contributed by atoms with E-state index in [2.05, 4.69) is 32.6 Å². The van der Waals surface area contributed by atoms with E-state index in [1.54, 1.807) is 0 Å². The molecule has 2 saturated heterocycles. The molecule has 7 nitrogen and oxygen atoms in total. The average Bonchev–Trinajstić information content (AvgIpc) is 2.82. The Kier molecular flexibility index (Phi) is 7.55. The van der Waals surface area contributed by atoms with Gasteiger partial charge in [-0.15, -0.1) is 0 Å². The van der Waals surface area contributed by atoms with Crippen LogP contribution in [0.2, 0.25) is 0 Å². The van der Waals surface area contributed by atoms with Crippen molar-refractivity contribution in [3.63, 3.8) is 0 Å². The van der Waals surface area contributed by atoms with Gasteiger partial charge in [0.25, 0.3) is 0 Å². The molecule has 0 spiro atoms. The number of rotatable bonds is 5. The van der Waals surface area contributed by atoms with Crippen LogP contribution in [-0.4, -0.2) is 79.1 Å². The number of piperazine rings is 1. The first-order valence-corrected chi connectivity index (χ1v) is 12.3. The zero-order valence-electron chi connectivity index (χ0n) is 18.5. The molecule has 2 aliphatic rings. The number of urea groups is 1. The van der Waals surface area contributed by atoms with Crippen LogP contribution in [0.5, 0.6) is 0 Å². The number of nitrogens with one attached hydrogen (secondary N) is 2. The third-order valence-corrected chi connectivity index (χ3v) is 6.85. The van der Waals surface area contributed by atoms with E-state index in [1.165, 1.54) is 5.69 Å². The van der Waals surface area contributed by atoms with Crippen LogP contribution in [0.25, 0.3) is 0 Å². The smallest absolute Gasteiger partial charge is 0.321 e. The summed E-state index contributed by atoms with van der Waals surface area (Å²) in [5, 5.41) is 5.98. The van der Waals surface area contributed by atoms with Gasteiger partial charge in [0.2, 0.25) is 5.91 Å². The Hall–Kier alpha value is -2.71. The second kappa shape index (κ2) is 10.7. The number of anilines is 3. The van der Waals surface area contributed by atoms with Crippen molar-refractivity contribution in [1.82, 2.24) is 9.80 Å². The maximum absolute atomic E-state index is 12.8. The number of hydrogen-bond donors (Lipinski definition) is 2. The molecule has 2 N–H and O–H groups in total. The van der Waals surface area contributed by atoms with Crippen molar-refractivity contribution in [2.24, 2.45) is 0 Å². The normalized spacial score (nSPS) is 17.2. The molecule has 2 aromatic carbocycles. The number of carbonyl (C=O) groups excluding carboxylic acids is 2. The van der Waals surface area contributed by atoms with Crippen molar-refractivity contribution in [2.75, 3.05) is 72.9 Å². The average molecular weight is 454 g/mol. The number of carbonyl (C=O) groups is 2. The van der Waals surface area contributed by atoms with Crippen molar-refractivity contribution in [1.29, 1.82) is 0 Å². The van der Waals surface area contributed by atoms with Crippen LogP contribution < -0.4 is 15.5 Å². The summed E-state index contributed by atoms with van der Waals surface area (Å²) in [5.74, 6) is 2.30. The summed E-state index contributed by atoms with van der Waals surface area (Å²) in [7, 11) is 0. The van der Waals surface area contributed by atoms with Crippen LogP contribution in [0, 0.1) is 6.92 Å². The molecule has 3 amide bonds. The second-order valence-corrected chi connectivity index (χ2v) is 9.43. The molecule has 32 heavy (non-hydrogen) atoms. The van der Waals surface area contributed by atoms with Crippen LogP contribution in [0.15, 0.2) is 48.5 Å². The van der Waals surface area contributed by atoms with Gasteiger partial charge in [-0.2, -0.15) is 11.8 Å². The highest BCUT2D eigenvalue weighted by Crippen LogP contribution is 2.25. The van der Waals surface area contributed by atoms with E-state index in [1.807, 2.05) is 60.0 Å². The molecule has 0 saturated carbocycles. The van der Waals surface area contributed by atoms with E-state index in [4.69, 9.17) is 0 Å². The fourth-order valence-corrected chi connectivity index (χ4v) is 4.94. The Morgan fingerprint density at radius 1 is 0.906 bits per heavy atom. The predicted molar refractivity (Wildman–Crippen MR) is 133 cm³/mol. The van der Waals surface area contributed by atoms with Crippen LogP contribution in [0.1, 0.15) is 5.56 Å². The van der Waals surface area contributed by atoms with Crippen molar-refractivity contribution < 1.29 is 9.59 Å². The molecule has 2 aliphatic heterocycles. The largest absolute Gasteiger partial charge is 0.370 e. The molecule has 2 heterocycles. The first-order chi connectivity index (χ1) is 15.6. The number of aryl methyl sites for hydroxylation is 1. The van der Waals surface area contributed by atoms with Gasteiger partial charge in [0.05, 0.1) is 6.54 Å². The van der Waals surface area contributed by atoms with Crippen LogP contribution in [0.3, 0.4) is 0 Å². The number of hydrogen-bond acceptors (Lipinski definition) is 5. The first kappa shape index (κ1) is 22.5. The standard InChI is InChI=1S/C24H31N5O2S/c1-19-17-21(28-13-15-32-16-14-28)7-8-22(19)26-24(31)29-11-9-27(10-12-29)18-23(30)25-20-5-3-2-4-6-20/h2-8,17H,9-16,18H2,1H3,(H,25,30)(H,26,31). The Morgan fingerprint density at radius 2 is 1.62 bits per heavy atom. The van der Waals surface area contributed by atoms with Crippen molar-refractivity contribution in [2.45, 2.75) is 6.92 Å². The monoisotopic (exact) mass is 453 g/mol. The fraction of sp³-hybridized carbons (Fsp3) is 0.417. The van der Waals surface area contributed by atoms with E-state index < -0.39 is 0 Å². The highest BCUT2D eigenvalue weighted by molar-refractivity contribution is 7.99. The van der Waals surface area contributed by atoms with E-state index in [0.29, 0.717) is 32.7 Å². The zero-order valence-corrected chi connectivity index (χ0v) is 19.4. The molecule has 2 aromatic rings. The van der Waals surface area contributed by atoms with Gasteiger partial charge in [-0.3, -0.25) is 9.69 Å². The van der Waals surface area contributed by atoms with E-state index in [9.17, 15) is 9.59 Å². The van der Waals surface area contributed by atoms with Crippen molar-refractivity contribution in [3.05, 3.63) is 54.1 Å². The minimum absolute atomic E-state index is 0.0304. The quantitative estimate of drug-likeness (QED) is 0.727. The van der Waals surface area contributed by atoms with Gasteiger partial charge in [0, 0.05) is 67.8 Å². The number of thioether (sulfide) groups is 1. The topological polar surface area (TPSA) is 67.9 Å². The molecule has 0 unspecified atom stereocenters. The summed E-state index contributed by atoms with van der Waals surface area (Å²) in [6.45, 7) is 7.09. The lowest BCUT2D eigenvalue weighted by Crippen LogP contribution is -2.51. The molecule has 2 fully saturated rings. The molecule has 170 valence electrons. The SMILES string of the molecule is Cc1cc(N2CCSCC2)ccc1NC(=O)N1CCN(CC(=O)Nc2ccccc2)CC1. The van der Waals surface area contributed by atoms with Gasteiger partial charge in [0.1, 0.15) is 0 Å². The van der Waals surface area contributed by atoms with Crippen molar-refractivity contribution in [3.8, 4) is 0 Å². The highest BCUT2D eigenvalue weighted by atomic mass is 32.2. The fourth-order valence-electron chi connectivity index (χ4n) is 4.03. The summed E-state index contributed by atoms with van der Waals surface area (Å²) in [5.41, 5.74) is 3.96. The van der Waals surface area contributed by atoms with Crippen LogP contribution in [0.4, 0.5) is 21.9 Å². The molecule has 0 bridgehead atoms. The van der Waals surface area contributed by atoms with Crippen LogP contribution in [-0.2, 0) is 4.79 Å². The van der Waals surface area contributed by atoms with Gasteiger partial charge in [-0.1, -0.05) is 18.2 Å². The summed E-state index contributed by atoms with van der Waals surface area (Å²) in [6.07, 6.45) is 0. The molecular formula is C24H31N5O2S. The Morgan fingerprint density at radius 3 is 2.31 bits per heavy atom. The summed E-state index contributed by atoms with van der Waals surface area (Å²) < 4.78 is 0. The Bertz CT molecular complexity index is 925. The maximum Gasteiger partial charge on any atom is 0.321 e. The van der Waals surface area contributed by atoms with E-state index in [-0.39, 0.29) is 11.9 Å². The summed E-state index contributed by atoms with van der Waals surface area (Å²) in [4.78, 5) is 31.4. The lowest BCUT2D eigenvalue weighted by molar-refractivity contribution is -0.117. The minimum atomic E-state index is -0.0800. The van der Waals surface area contributed by atoms with Gasteiger partial charge in [-0.25, -0.2) is 4.79 Å². The lowest BCUT2D eigenvalue weighted by atomic mass is 10.1. The van der Waals surface area contributed by atoms with Gasteiger partial charge >= 0.3 is 6.03 Å². The second-order valence-electron chi connectivity index (χ2n) is 8.21. The highest BCUT2D eigenvalue weighted by Gasteiger charge is 2.23. The summed E-state index contributed by atoms with van der Waals surface area (Å²) >= 11 is 2.00. The van der Waals surface area contributed by atoms with Gasteiger partial charge < -0.3 is 20.4 Å². The van der Waals surface area contributed by atoms with Gasteiger partial charge in [-0.05, 0) is 42.8 Å². The third kappa shape index (κ3) is 5.95. The van der Waals surface area contributed by atoms with E-state index in [0.717, 1.165) is 41.5 Å². The summed E-state index contributed by atoms with van der Waals surface area (Å²) in [6, 6.07) is 15.7. The molecule has 4 rings (SSSR count). The number of nitrogens with zero attached hydrogens (tertiary/aromatic N) is 3. The Balaban J connectivity index is 1.24. The lowest BCUT2D eigenvalue weighted by Gasteiger charge is -2.34. The molecule has 8 heteroatoms. The first-order valence-electron chi connectivity index (χ1n) is 11.1. The third-order valence-electron chi connectivity index (χ3n) is 5.91. The van der Waals surface area contributed by atoms with Gasteiger partial charge in [0.15, 0.2) is 0 Å². The van der Waals surface area contributed by atoms with Crippen molar-refractivity contribution >= 4 is 40.8 Å². The molecule has 0 radical (unpaired) electrons. The molecule has 0 atom stereocenters. The maximum atomic E-state index is 12.8. The Labute approximate surface area is 194 Å². The predicted octanol–water partition coefficient (Wildman–Crippen LogP) is 3.34. The minimum Gasteiger partial charge on any atom is -0.370 e. The molecular weight excluding hydrogens is 422 g/mol. The molecule has 0 aliphatic carbocycles. The number of benzene rings is 2. The zero-order chi connectivity index (χ0) is 22.3. The molecule has 0 aromatic heterocycles.